The van der Waals surface area contributed by atoms with Gasteiger partial charge >= 0.3 is 11.9 Å². The predicted molar refractivity (Wildman–Crippen MR) is 294 cm³/mol. The van der Waals surface area contributed by atoms with Gasteiger partial charge in [0.2, 0.25) is 23.1 Å². The van der Waals surface area contributed by atoms with Crippen LogP contribution in [-0.2, 0) is 28.8 Å². The fraction of sp³-hybridized carbons (Fsp3) is 0.459. The molecule has 78 heavy (non-hydrogen) atoms. The number of fused-ring (bicyclic) bond motifs is 2. The number of nitrogens with one attached hydrogen (secondary N) is 3. The molecule has 2 aliphatic heterocycles. The van der Waals surface area contributed by atoms with E-state index in [1.165, 1.54) is 11.0 Å². The minimum atomic E-state index is -1.22. The SMILES string of the molecule is CN(C)c1ccc2c(-c3ccc(C(=O)NCCCCC(NC(CCCN4C(=O)C5C6C=CC(C7C=CC76)C5C4=O)=C4C(=O)CC(C)(C)CC4=O)C(=O)NCCCCCC(=O)O)cc3C(=O)O)c3ccc(=[N+](C)C)cc-3oc2c1. The van der Waals surface area contributed by atoms with Crippen molar-refractivity contribution < 1.29 is 53.0 Å². The number of hydrogen-bond acceptors (Lipinski definition) is 11. The van der Waals surface area contributed by atoms with Gasteiger partial charge in [-0.2, -0.15) is 0 Å². The molecular weight excluding hydrogens is 993 g/mol. The topological polar surface area (TPSA) is 236 Å². The van der Waals surface area contributed by atoms with Gasteiger partial charge in [0.25, 0.3) is 5.91 Å². The van der Waals surface area contributed by atoms with Crippen LogP contribution in [0.5, 0.6) is 0 Å². The minimum absolute atomic E-state index is 0.00184. The van der Waals surface area contributed by atoms with Gasteiger partial charge in [-0.3, -0.25) is 38.5 Å². The number of likely N-dealkylation sites (tertiary alicyclic amines) is 1. The number of aliphatic carboxylic acids is 1. The van der Waals surface area contributed by atoms with Gasteiger partial charge in [-0.05, 0) is 110 Å². The van der Waals surface area contributed by atoms with Crippen LogP contribution in [0, 0.1) is 40.9 Å². The molecule has 17 heteroatoms. The number of nitrogens with zero attached hydrogens (tertiary/aromatic N) is 3. The quantitative estimate of drug-likeness (QED) is 0.0103. The largest absolute Gasteiger partial charge is 0.481 e. The lowest BCUT2D eigenvalue weighted by molar-refractivity contribution is -0.140. The molecule has 0 aromatic heterocycles. The summed E-state index contributed by atoms with van der Waals surface area (Å²) >= 11 is 0. The molecule has 3 fully saturated rings. The number of amides is 4. The van der Waals surface area contributed by atoms with Gasteiger partial charge in [-0.25, -0.2) is 9.37 Å². The van der Waals surface area contributed by atoms with E-state index in [0.717, 1.165) is 11.0 Å². The average Bonchev–Trinajstić information content (AvgIpc) is 3.82. The van der Waals surface area contributed by atoms with Crippen LogP contribution in [0.1, 0.15) is 105 Å². The zero-order valence-electron chi connectivity index (χ0n) is 45.4. The lowest BCUT2D eigenvalue weighted by Crippen LogP contribution is -2.50. The highest BCUT2D eigenvalue weighted by atomic mass is 16.4. The maximum Gasteiger partial charge on any atom is 0.336 e. The van der Waals surface area contributed by atoms with E-state index >= 15 is 0 Å². The Morgan fingerprint density at radius 3 is 2.01 bits per heavy atom. The summed E-state index contributed by atoms with van der Waals surface area (Å²) in [5.74, 6) is -3.83. The summed E-state index contributed by atoms with van der Waals surface area (Å²) in [7, 11) is 7.69. The molecule has 2 saturated carbocycles. The number of benzene rings is 3. The van der Waals surface area contributed by atoms with Crippen molar-refractivity contribution in [3.8, 4) is 22.5 Å². The van der Waals surface area contributed by atoms with E-state index in [0.29, 0.717) is 65.5 Å². The smallest absolute Gasteiger partial charge is 0.336 e. The number of anilines is 1. The summed E-state index contributed by atoms with van der Waals surface area (Å²) in [6, 6.07) is 15.2. The summed E-state index contributed by atoms with van der Waals surface area (Å²) in [4.78, 5) is 111. The fourth-order valence-electron chi connectivity index (χ4n) is 12.4. The van der Waals surface area contributed by atoms with Gasteiger partial charge in [-0.15, -0.1) is 0 Å². The van der Waals surface area contributed by atoms with Crippen molar-refractivity contribution >= 4 is 63.8 Å². The number of carbonyl (C=O) groups is 8. The van der Waals surface area contributed by atoms with E-state index in [1.807, 2.05) is 87.9 Å². The lowest BCUT2D eigenvalue weighted by Gasteiger charge is -2.51. The molecule has 0 spiro atoms. The Balaban J connectivity index is 0.903. The fourth-order valence-corrected chi connectivity index (χ4v) is 12.4. The van der Waals surface area contributed by atoms with Gasteiger partial charge in [0.15, 0.2) is 11.6 Å². The molecule has 1 saturated heterocycles. The molecule has 0 radical (unpaired) electrons. The molecule has 2 aromatic rings. The van der Waals surface area contributed by atoms with Crippen molar-refractivity contribution in [1.29, 1.82) is 0 Å². The van der Waals surface area contributed by atoms with Crippen LogP contribution in [0.25, 0.3) is 33.4 Å². The Bertz CT molecular complexity index is 3190. The number of aromatic carboxylic acids is 1. The van der Waals surface area contributed by atoms with Crippen molar-refractivity contribution in [1.82, 2.24) is 25.4 Å². The maximum absolute atomic E-state index is 14.1. The summed E-state index contributed by atoms with van der Waals surface area (Å²) < 4.78 is 8.40. The predicted octanol–water partition coefficient (Wildman–Crippen LogP) is 6.83. The van der Waals surface area contributed by atoms with E-state index in [9.17, 15) is 43.5 Å². The molecule has 2 bridgehead atoms. The zero-order valence-corrected chi connectivity index (χ0v) is 45.4. The number of hydrogen-bond donors (Lipinski definition) is 5. The number of rotatable bonds is 22. The van der Waals surface area contributed by atoms with Gasteiger partial charge in [-0.1, -0.05) is 50.6 Å². The first-order valence-corrected chi connectivity index (χ1v) is 27.3. The molecule has 6 aliphatic carbocycles. The van der Waals surface area contributed by atoms with Crippen LogP contribution in [0.4, 0.5) is 5.69 Å². The highest BCUT2D eigenvalue weighted by Crippen LogP contribution is 2.58. The zero-order chi connectivity index (χ0) is 55.7. The van der Waals surface area contributed by atoms with E-state index in [4.69, 9.17) is 9.52 Å². The van der Waals surface area contributed by atoms with Gasteiger partial charge in [0.05, 0.1) is 29.0 Å². The first-order valence-electron chi connectivity index (χ1n) is 27.3. The first-order chi connectivity index (χ1) is 37.2. The Morgan fingerprint density at radius 1 is 0.744 bits per heavy atom. The van der Waals surface area contributed by atoms with Gasteiger partial charge in [0, 0.05) is 98.6 Å². The van der Waals surface area contributed by atoms with Crippen LogP contribution in [0.2, 0.25) is 0 Å². The third kappa shape index (κ3) is 11.2. The van der Waals surface area contributed by atoms with E-state index in [2.05, 4.69) is 40.3 Å². The van der Waals surface area contributed by atoms with Crippen molar-refractivity contribution in [2.45, 2.75) is 90.5 Å². The van der Waals surface area contributed by atoms with Gasteiger partial charge in [0.1, 0.15) is 31.5 Å². The first kappa shape index (κ1) is 55.1. The number of carbonyl (C=O) groups excluding carboxylic acids is 6. The summed E-state index contributed by atoms with van der Waals surface area (Å²) in [6.07, 6.45) is 11.7. The number of ketones is 2. The Hall–Kier alpha value is -7.69. The molecule has 7 atom stereocenters. The number of carboxylic acids is 2. The Morgan fingerprint density at radius 2 is 1.38 bits per heavy atom. The highest BCUT2D eigenvalue weighted by molar-refractivity contribution is 6.22. The monoisotopic (exact) mass is 1060 g/mol. The molecule has 10 rings (SSSR count). The molecule has 4 amide bonds. The molecule has 2 heterocycles. The molecule has 410 valence electrons. The number of Topliss-reactive ketones (excluding diaryl/α,β-unsaturated/α-hetero) is 2. The van der Waals surface area contributed by atoms with Crippen LogP contribution in [0.3, 0.4) is 0 Å². The molecule has 17 nitrogen and oxygen atoms in total. The normalized spacial score (nSPS) is 22.0. The molecule has 5 N–H and O–H groups in total. The van der Waals surface area contributed by atoms with Crippen molar-refractivity contribution in [2.24, 2.45) is 40.9 Å². The van der Waals surface area contributed by atoms with Crippen molar-refractivity contribution in [2.75, 3.05) is 52.7 Å². The summed E-state index contributed by atoms with van der Waals surface area (Å²) in [5, 5.41) is 30.5. The summed E-state index contributed by atoms with van der Waals surface area (Å²) in [5.41, 5.74) is 3.02. The third-order valence-corrected chi connectivity index (χ3v) is 16.4. The lowest BCUT2D eigenvalue weighted by atomic mass is 9.50. The average molecular weight is 1060 g/mol. The standard InChI is InChI=1S/C61H70N6O11/c1-61(2)32-47(68)55(48(69)33-61)45(14-12-28-67-58(74)53-39-24-25-40(54(53)59(67)75)38-23-22-37(38)39)64-46(57(73)63-26-10-7-8-15-51(70)71)13-9-11-27-62-56(72)34-16-19-41(44(29-34)60(76)77)52-42-20-17-35(65(3)4)30-49(42)78-50-31-36(66(5)6)18-21-43(50)52/h16-25,29-31,37-40,46,53-54H,7-15,26-28,32-33H2,1-6H3,(H4-,62,63,64,68,69,70,71,72,73,76,77)/p+1. The highest BCUT2D eigenvalue weighted by Gasteiger charge is 2.62. The number of carboxylic acid groups (broad SMARTS) is 2. The van der Waals surface area contributed by atoms with Crippen LogP contribution >= 0.6 is 0 Å². The summed E-state index contributed by atoms with van der Waals surface area (Å²) in [6.45, 7) is 4.25. The number of imide groups is 1. The van der Waals surface area contributed by atoms with E-state index < -0.39 is 47.0 Å². The van der Waals surface area contributed by atoms with Crippen LogP contribution < -0.4 is 30.8 Å². The number of allylic oxidation sites excluding steroid dienone is 6. The van der Waals surface area contributed by atoms with Crippen LogP contribution in [-0.4, -0.2) is 116 Å². The minimum Gasteiger partial charge on any atom is -0.481 e. The molecule has 2 aromatic carbocycles. The second-order valence-electron chi connectivity index (χ2n) is 22.9. The second kappa shape index (κ2) is 22.7. The second-order valence-corrected chi connectivity index (χ2v) is 22.9. The van der Waals surface area contributed by atoms with Crippen LogP contribution in [0.15, 0.2) is 94.6 Å². The maximum atomic E-state index is 14.1. The third-order valence-electron chi connectivity index (χ3n) is 16.4. The van der Waals surface area contributed by atoms with E-state index in [1.54, 1.807) is 12.1 Å². The number of unbranched alkanes of at least 4 members (excludes halogenated alkanes) is 3. The van der Waals surface area contributed by atoms with Gasteiger partial charge < -0.3 is 35.5 Å². The van der Waals surface area contributed by atoms with Crippen molar-refractivity contribution in [3.63, 3.8) is 0 Å². The Kier molecular flexibility index (Phi) is 16.0. The molecule has 7 unspecified atom stereocenters. The van der Waals surface area contributed by atoms with Crippen molar-refractivity contribution in [3.05, 3.63) is 107 Å². The molecule has 8 aliphatic rings. The molecular formula is C61H71N6O11+. The van der Waals surface area contributed by atoms with E-state index in [-0.39, 0.29) is 128 Å². The Labute approximate surface area is 453 Å².